The Morgan fingerprint density at radius 3 is 2.54 bits per heavy atom. The average molecular weight is 428 g/mol. The first-order valence-corrected chi connectivity index (χ1v) is 10.5. The summed E-state index contributed by atoms with van der Waals surface area (Å²) in [5, 5.41) is 3.47. The number of piperidine rings is 3. The fourth-order valence-corrected chi connectivity index (χ4v) is 5.19. The van der Waals surface area contributed by atoms with Crippen LogP contribution in [0.15, 0.2) is 30.3 Å². The Kier molecular flexibility index (Phi) is 9.07. The molecule has 1 amide bonds. The lowest BCUT2D eigenvalue weighted by atomic mass is 9.73. The normalized spacial score (nSPS) is 25.1. The number of halogens is 2. The molecule has 28 heavy (non-hydrogen) atoms. The van der Waals surface area contributed by atoms with Gasteiger partial charge in [0.05, 0.1) is 0 Å². The van der Waals surface area contributed by atoms with Crippen molar-refractivity contribution in [1.29, 1.82) is 0 Å². The number of benzene rings is 1. The summed E-state index contributed by atoms with van der Waals surface area (Å²) in [7, 11) is 0. The molecule has 3 saturated heterocycles. The smallest absolute Gasteiger partial charge is 0.222 e. The zero-order valence-electron chi connectivity index (χ0n) is 16.8. The lowest BCUT2D eigenvalue weighted by Crippen LogP contribution is -2.52. The van der Waals surface area contributed by atoms with Crippen molar-refractivity contribution in [3.05, 3.63) is 35.9 Å². The molecule has 1 atom stereocenters. The summed E-state index contributed by atoms with van der Waals surface area (Å²) >= 11 is 0. The lowest BCUT2D eigenvalue weighted by molar-refractivity contribution is -0.138. The maximum absolute atomic E-state index is 12.5. The summed E-state index contributed by atoms with van der Waals surface area (Å²) in [5.41, 5.74) is 1.87. The summed E-state index contributed by atoms with van der Waals surface area (Å²) in [6.45, 7) is 7.49. The van der Waals surface area contributed by atoms with E-state index in [2.05, 4.69) is 45.4 Å². The Labute approximate surface area is 182 Å². The topological polar surface area (TPSA) is 35.6 Å². The van der Waals surface area contributed by atoms with Crippen LogP contribution in [0, 0.1) is 5.41 Å². The number of nitrogens with one attached hydrogen (secondary N) is 1. The van der Waals surface area contributed by atoms with Crippen molar-refractivity contribution in [1.82, 2.24) is 15.1 Å². The van der Waals surface area contributed by atoms with Crippen LogP contribution in [0.4, 0.5) is 0 Å². The molecule has 4 rings (SSSR count). The molecule has 0 saturated carbocycles. The molecule has 3 aliphatic rings. The number of carbonyl (C=O) groups excluding carboxylic acids is 1. The summed E-state index contributed by atoms with van der Waals surface area (Å²) in [5.74, 6) is 1.03. The van der Waals surface area contributed by atoms with E-state index in [-0.39, 0.29) is 24.8 Å². The van der Waals surface area contributed by atoms with Gasteiger partial charge in [0.25, 0.3) is 0 Å². The Bertz CT molecular complexity index is 607. The van der Waals surface area contributed by atoms with E-state index in [1.54, 1.807) is 0 Å². The molecule has 1 aromatic carbocycles. The van der Waals surface area contributed by atoms with E-state index in [1.807, 2.05) is 0 Å². The van der Waals surface area contributed by atoms with Gasteiger partial charge in [-0.3, -0.25) is 4.79 Å². The van der Waals surface area contributed by atoms with E-state index in [0.717, 1.165) is 52.1 Å². The van der Waals surface area contributed by atoms with Crippen LogP contribution >= 0.6 is 24.8 Å². The van der Waals surface area contributed by atoms with Gasteiger partial charge in [-0.25, -0.2) is 0 Å². The number of hydrogen-bond acceptors (Lipinski definition) is 3. The molecule has 0 aliphatic carbocycles. The van der Waals surface area contributed by atoms with Gasteiger partial charge in [-0.2, -0.15) is 0 Å². The van der Waals surface area contributed by atoms with Gasteiger partial charge < -0.3 is 15.1 Å². The van der Waals surface area contributed by atoms with Gasteiger partial charge in [-0.05, 0) is 68.6 Å². The Morgan fingerprint density at radius 2 is 1.79 bits per heavy atom. The molecule has 1 aromatic rings. The van der Waals surface area contributed by atoms with Crippen LogP contribution in [-0.4, -0.2) is 61.5 Å². The third-order valence-corrected chi connectivity index (χ3v) is 6.88. The lowest BCUT2D eigenvalue weighted by Gasteiger charge is -2.45. The van der Waals surface area contributed by atoms with Gasteiger partial charge in [-0.15, -0.1) is 24.8 Å². The van der Waals surface area contributed by atoms with Gasteiger partial charge in [-0.1, -0.05) is 30.3 Å². The van der Waals surface area contributed by atoms with Crippen molar-refractivity contribution in [3.63, 3.8) is 0 Å². The van der Waals surface area contributed by atoms with Crippen molar-refractivity contribution >= 4 is 30.7 Å². The molecule has 6 heteroatoms. The monoisotopic (exact) mass is 427 g/mol. The highest BCUT2D eigenvalue weighted by atomic mass is 35.5. The van der Waals surface area contributed by atoms with E-state index in [1.165, 1.54) is 37.8 Å². The van der Waals surface area contributed by atoms with E-state index >= 15 is 0 Å². The molecule has 1 unspecified atom stereocenters. The highest BCUT2D eigenvalue weighted by Crippen LogP contribution is 2.38. The van der Waals surface area contributed by atoms with E-state index < -0.39 is 0 Å². The fraction of sp³-hybridized carbons (Fsp3) is 0.682. The van der Waals surface area contributed by atoms with Crippen LogP contribution in [0.1, 0.15) is 50.0 Å². The molecule has 0 aromatic heterocycles. The van der Waals surface area contributed by atoms with E-state index in [4.69, 9.17) is 0 Å². The van der Waals surface area contributed by atoms with E-state index in [9.17, 15) is 4.79 Å². The van der Waals surface area contributed by atoms with Crippen molar-refractivity contribution in [2.24, 2.45) is 5.41 Å². The van der Waals surface area contributed by atoms with Crippen LogP contribution in [0.5, 0.6) is 0 Å². The van der Waals surface area contributed by atoms with Crippen LogP contribution in [0.2, 0.25) is 0 Å². The summed E-state index contributed by atoms with van der Waals surface area (Å²) in [6.07, 6.45) is 6.88. The minimum atomic E-state index is 0. The molecule has 1 spiro atoms. The number of carbonyl (C=O) groups is 1. The minimum absolute atomic E-state index is 0. The van der Waals surface area contributed by atoms with Crippen LogP contribution in [0.3, 0.4) is 0 Å². The SMILES string of the molecule is Cl.Cl.O=C1CCC2(CCNCC2)CN1CCN1CCCC(c2ccccc2)C1. The molecule has 3 aliphatic heterocycles. The fourth-order valence-electron chi connectivity index (χ4n) is 5.19. The molecule has 158 valence electrons. The second kappa shape index (κ2) is 10.8. The van der Waals surface area contributed by atoms with Crippen molar-refractivity contribution < 1.29 is 4.79 Å². The molecule has 3 heterocycles. The summed E-state index contributed by atoms with van der Waals surface area (Å²) in [4.78, 5) is 17.2. The summed E-state index contributed by atoms with van der Waals surface area (Å²) < 4.78 is 0. The van der Waals surface area contributed by atoms with Crippen molar-refractivity contribution in [3.8, 4) is 0 Å². The third kappa shape index (κ3) is 5.63. The van der Waals surface area contributed by atoms with Gasteiger partial charge in [0.2, 0.25) is 5.91 Å². The molecule has 0 radical (unpaired) electrons. The number of nitrogens with zero attached hydrogens (tertiary/aromatic N) is 2. The standard InChI is InChI=1S/C22H33N3O.2ClH/c26-21-8-9-22(10-12-23-13-11-22)18-25(21)16-15-24-14-4-7-20(17-24)19-5-2-1-3-6-19;;/h1-3,5-6,20,23H,4,7-18H2;2*1H. The number of rotatable bonds is 4. The largest absolute Gasteiger partial charge is 0.341 e. The minimum Gasteiger partial charge on any atom is -0.341 e. The predicted molar refractivity (Wildman–Crippen MR) is 120 cm³/mol. The van der Waals surface area contributed by atoms with Gasteiger partial charge >= 0.3 is 0 Å². The quantitative estimate of drug-likeness (QED) is 0.795. The zero-order chi connectivity index (χ0) is 17.8. The molecular weight excluding hydrogens is 393 g/mol. The number of hydrogen-bond donors (Lipinski definition) is 1. The van der Waals surface area contributed by atoms with Gasteiger partial charge in [0.1, 0.15) is 0 Å². The Morgan fingerprint density at radius 1 is 1.04 bits per heavy atom. The number of likely N-dealkylation sites (tertiary alicyclic amines) is 2. The first kappa shape index (κ1) is 23.5. The van der Waals surface area contributed by atoms with Crippen LogP contribution < -0.4 is 5.32 Å². The summed E-state index contributed by atoms with van der Waals surface area (Å²) in [6, 6.07) is 10.9. The van der Waals surface area contributed by atoms with Crippen molar-refractivity contribution in [2.45, 2.75) is 44.4 Å². The second-order valence-electron chi connectivity index (χ2n) is 8.62. The maximum Gasteiger partial charge on any atom is 0.222 e. The predicted octanol–water partition coefficient (Wildman–Crippen LogP) is 3.70. The molecule has 3 fully saturated rings. The Balaban J connectivity index is 0.00000140. The third-order valence-electron chi connectivity index (χ3n) is 6.88. The molecule has 1 N–H and O–H groups in total. The van der Waals surface area contributed by atoms with Crippen LogP contribution in [0.25, 0.3) is 0 Å². The first-order chi connectivity index (χ1) is 12.7. The maximum atomic E-state index is 12.5. The van der Waals surface area contributed by atoms with Gasteiger partial charge in [0.15, 0.2) is 0 Å². The van der Waals surface area contributed by atoms with E-state index in [0.29, 0.717) is 17.2 Å². The highest BCUT2D eigenvalue weighted by Gasteiger charge is 2.39. The van der Waals surface area contributed by atoms with Crippen LogP contribution in [-0.2, 0) is 4.79 Å². The van der Waals surface area contributed by atoms with Gasteiger partial charge in [0, 0.05) is 32.6 Å². The number of amides is 1. The van der Waals surface area contributed by atoms with Crippen molar-refractivity contribution in [2.75, 3.05) is 45.8 Å². The average Bonchev–Trinajstić information content (AvgIpc) is 2.70. The highest BCUT2D eigenvalue weighted by molar-refractivity contribution is 5.85. The second-order valence-corrected chi connectivity index (χ2v) is 8.62. The molecular formula is C22H35Cl2N3O. The Hall–Kier alpha value is -0.810. The molecule has 4 nitrogen and oxygen atoms in total. The molecule has 0 bridgehead atoms. The zero-order valence-corrected chi connectivity index (χ0v) is 18.4. The first-order valence-electron chi connectivity index (χ1n) is 10.5.